The summed E-state index contributed by atoms with van der Waals surface area (Å²) in [6, 6.07) is 0. The van der Waals surface area contributed by atoms with E-state index >= 15 is 0 Å². The van der Waals surface area contributed by atoms with Crippen LogP contribution < -0.4 is 0 Å². The first kappa shape index (κ1) is 10.9. The smallest absolute Gasteiger partial charge is 0.312 e. The van der Waals surface area contributed by atoms with Gasteiger partial charge < -0.3 is 10.2 Å². The van der Waals surface area contributed by atoms with E-state index < -0.39 is 17.0 Å². The zero-order valence-corrected chi connectivity index (χ0v) is 9.02. The molecular weight excluding hydrogens is 188 g/mol. The molecular formula is C9H16O3S. The maximum absolute atomic E-state index is 11.0. The topological polar surface area (TPSA) is 57.5 Å². The van der Waals surface area contributed by atoms with Crippen LogP contribution in [0.1, 0.15) is 27.2 Å². The molecule has 1 rings (SSSR count). The summed E-state index contributed by atoms with van der Waals surface area (Å²) in [5.74, 6) is -0.0849. The average Bonchev–Trinajstić information content (AvgIpc) is 2.33. The van der Waals surface area contributed by atoms with Crippen molar-refractivity contribution < 1.29 is 15.0 Å². The van der Waals surface area contributed by atoms with Crippen molar-refractivity contribution in [2.75, 3.05) is 5.75 Å². The SMILES string of the molecule is CC1SCCC1(O)C(C)(C)C(=O)O. The lowest BCUT2D eigenvalue weighted by molar-refractivity contribution is -0.164. The molecule has 4 heteroatoms. The molecule has 1 aliphatic heterocycles. The van der Waals surface area contributed by atoms with Gasteiger partial charge in [0.15, 0.2) is 0 Å². The maximum atomic E-state index is 11.0. The third kappa shape index (κ3) is 1.46. The number of aliphatic carboxylic acids is 1. The van der Waals surface area contributed by atoms with Gasteiger partial charge in [0.25, 0.3) is 0 Å². The molecule has 1 heterocycles. The minimum absolute atomic E-state index is 0.00130. The number of hydrogen-bond acceptors (Lipinski definition) is 3. The van der Waals surface area contributed by atoms with Crippen LogP contribution in [0, 0.1) is 5.41 Å². The van der Waals surface area contributed by atoms with Gasteiger partial charge in [0.05, 0.1) is 11.0 Å². The number of carbonyl (C=O) groups is 1. The van der Waals surface area contributed by atoms with E-state index in [2.05, 4.69) is 0 Å². The van der Waals surface area contributed by atoms with Gasteiger partial charge in [-0.05, 0) is 26.0 Å². The van der Waals surface area contributed by atoms with Crippen LogP contribution in [0.3, 0.4) is 0 Å². The summed E-state index contributed by atoms with van der Waals surface area (Å²) in [4.78, 5) is 11.0. The van der Waals surface area contributed by atoms with Crippen LogP contribution in [-0.4, -0.2) is 32.8 Å². The first-order chi connectivity index (χ1) is 5.82. The van der Waals surface area contributed by atoms with E-state index in [-0.39, 0.29) is 5.25 Å². The van der Waals surface area contributed by atoms with Crippen LogP contribution in [0.5, 0.6) is 0 Å². The fourth-order valence-electron chi connectivity index (χ4n) is 1.74. The van der Waals surface area contributed by atoms with Gasteiger partial charge >= 0.3 is 5.97 Å². The third-order valence-electron chi connectivity index (χ3n) is 3.14. The number of thioether (sulfide) groups is 1. The third-order valence-corrected chi connectivity index (χ3v) is 4.47. The normalized spacial score (nSPS) is 34.9. The number of rotatable bonds is 2. The minimum atomic E-state index is -1.07. The molecule has 0 aromatic heterocycles. The largest absolute Gasteiger partial charge is 0.481 e. The summed E-state index contributed by atoms with van der Waals surface area (Å²) in [6.45, 7) is 5.08. The highest BCUT2D eigenvalue weighted by Crippen LogP contribution is 2.46. The van der Waals surface area contributed by atoms with E-state index in [4.69, 9.17) is 5.11 Å². The first-order valence-electron chi connectivity index (χ1n) is 4.40. The van der Waals surface area contributed by atoms with Crippen LogP contribution in [0.2, 0.25) is 0 Å². The Hall–Kier alpha value is -0.220. The van der Waals surface area contributed by atoms with Crippen molar-refractivity contribution in [3.8, 4) is 0 Å². The monoisotopic (exact) mass is 204 g/mol. The van der Waals surface area contributed by atoms with Crippen LogP contribution in [-0.2, 0) is 4.79 Å². The Morgan fingerprint density at radius 1 is 1.62 bits per heavy atom. The average molecular weight is 204 g/mol. The molecule has 0 spiro atoms. The predicted octanol–water partition coefficient (Wildman–Crippen LogP) is 1.35. The Kier molecular flexibility index (Phi) is 2.65. The second-order valence-corrected chi connectivity index (χ2v) is 5.57. The predicted molar refractivity (Wildman–Crippen MR) is 52.9 cm³/mol. The summed E-state index contributed by atoms with van der Waals surface area (Å²) in [5.41, 5.74) is -2.13. The molecule has 0 bridgehead atoms. The Morgan fingerprint density at radius 3 is 2.46 bits per heavy atom. The van der Waals surface area contributed by atoms with Crippen molar-refractivity contribution in [3.05, 3.63) is 0 Å². The zero-order valence-electron chi connectivity index (χ0n) is 8.20. The molecule has 0 aliphatic carbocycles. The lowest BCUT2D eigenvalue weighted by atomic mass is 9.71. The summed E-state index contributed by atoms with van der Waals surface area (Å²) in [6.07, 6.45) is 0.568. The van der Waals surface area contributed by atoms with Gasteiger partial charge in [-0.1, -0.05) is 6.92 Å². The second kappa shape index (κ2) is 3.17. The maximum Gasteiger partial charge on any atom is 0.312 e. The molecule has 3 nitrogen and oxygen atoms in total. The van der Waals surface area contributed by atoms with E-state index in [1.54, 1.807) is 25.6 Å². The van der Waals surface area contributed by atoms with Crippen molar-refractivity contribution >= 4 is 17.7 Å². The van der Waals surface area contributed by atoms with Crippen LogP contribution in [0.4, 0.5) is 0 Å². The molecule has 13 heavy (non-hydrogen) atoms. The van der Waals surface area contributed by atoms with Crippen molar-refractivity contribution in [1.82, 2.24) is 0 Å². The van der Waals surface area contributed by atoms with Gasteiger partial charge in [0.1, 0.15) is 0 Å². The molecule has 76 valence electrons. The van der Waals surface area contributed by atoms with Crippen molar-refractivity contribution in [2.45, 2.75) is 38.0 Å². The molecule has 2 atom stereocenters. The lowest BCUT2D eigenvalue weighted by Gasteiger charge is -2.39. The highest BCUT2D eigenvalue weighted by Gasteiger charge is 2.54. The summed E-state index contributed by atoms with van der Waals surface area (Å²) in [7, 11) is 0. The molecule has 1 fully saturated rings. The highest BCUT2D eigenvalue weighted by atomic mass is 32.2. The van der Waals surface area contributed by atoms with Crippen molar-refractivity contribution in [1.29, 1.82) is 0 Å². The lowest BCUT2D eigenvalue weighted by Crippen LogP contribution is -2.53. The molecule has 0 aromatic carbocycles. The molecule has 0 aromatic rings. The Labute approximate surface area is 82.5 Å². The van der Waals surface area contributed by atoms with Gasteiger partial charge in [0.2, 0.25) is 0 Å². The minimum Gasteiger partial charge on any atom is -0.481 e. The molecule has 0 amide bonds. The summed E-state index contributed by atoms with van der Waals surface area (Å²) in [5, 5.41) is 19.3. The van der Waals surface area contributed by atoms with E-state index in [1.165, 1.54) is 0 Å². The van der Waals surface area contributed by atoms with E-state index in [9.17, 15) is 9.90 Å². The fraction of sp³-hybridized carbons (Fsp3) is 0.889. The molecule has 1 aliphatic rings. The zero-order chi connectivity index (χ0) is 10.3. The number of hydrogen-bond donors (Lipinski definition) is 2. The first-order valence-corrected chi connectivity index (χ1v) is 5.44. The Morgan fingerprint density at radius 2 is 2.15 bits per heavy atom. The Bertz CT molecular complexity index is 227. The van der Waals surface area contributed by atoms with Gasteiger partial charge in [0, 0.05) is 5.25 Å². The quantitative estimate of drug-likeness (QED) is 0.713. The van der Waals surface area contributed by atoms with Crippen LogP contribution >= 0.6 is 11.8 Å². The highest BCUT2D eigenvalue weighted by molar-refractivity contribution is 8.00. The molecule has 2 N–H and O–H groups in total. The number of carboxylic acid groups (broad SMARTS) is 1. The molecule has 1 saturated heterocycles. The van der Waals surface area contributed by atoms with Crippen molar-refractivity contribution in [2.24, 2.45) is 5.41 Å². The van der Waals surface area contributed by atoms with Crippen molar-refractivity contribution in [3.63, 3.8) is 0 Å². The van der Waals surface area contributed by atoms with E-state index in [0.29, 0.717) is 6.42 Å². The second-order valence-electron chi connectivity index (χ2n) is 4.12. The van der Waals surface area contributed by atoms with E-state index in [1.807, 2.05) is 6.92 Å². The van der Waals surface area contributed by atoms with Crippen LogP contribution in [0.15, 0.2) is 0 Å². The van der Waals surface area contributed by atoms with Gasteiger partial charge in [-0.15, -0.1) is 0 Å². The summed E-state index contributed by atoms with van der Waals surface area (Å²) < 4.78 is 0. The fourth-order valence-corrected chi connectivity index (χ4v) is 3.21. The molecule has 0 saturated carbocycles. The van der Waals surface area contributed by atoms with Gasteiger partial charge in [-0.2, -0.15) is 11.8 Å². The standard InChI is InChI=1S/C9H16O3S/c1-6-9(12,4-5-13-6)8(2,3)7(10)11/h6,12H,4-5H2,1-3H3,(H,10,11). The summed E-state index contributed by atoms with van der Waals surface area (Å²) >= 11 is 1.64. The van der Waals surface area contributed by atoms with E-state index in [0.717, 1.165) is 5.75 Å². The van der Waals surface area contributed by atoms with Gasteiger partial charge in [-0.25, -0.2) is 0 Å². The number of carboxylic acids is 1. The Balaban J connectivity index is 2.97. The molecule has 2 unspecified atom stereocenters. The van der Waals surface area contributed by atoms with Gasteiger partial charge in [-0.3, -0.25) is 4.79 Å². The number of aliphatic hydroxyl groups is 1. The molecule has 0 radical (unpaired) electrons. The van der Waals surface area contributed by atoms with Crippen LogP contribution in [0.25, 0.3) is 0 Å².